The summed E-state index contributed by atoms with van der Waals surface area (Å²) < 4.78 is 4.68. The second-order valence-electron chi connectivity index (χ2n) is 5.67. The first-order valence-electron chi connectivity index (χ1n) is 6.95. The van der Waals surface area contributed by atoms with E-state index in [9.17, 15) is 9.59 Å². The van der Waals surface area contributed by atoms with Crippen LogP contribution in [0.25, 0.3) is 0 Å². The molecule has 20 heavy (non-hydrogen) atoms. The molecule has 0 aliphatic heterocycles. The van der Waals surface area contributed by atoms with Gasteiger partial charge in [-0.2, -0.15) is 0 Å². The summed E-state index contributed by atoms with van der Waals surface area (Å²) in [4.78, 5) is 27.9. The number of aromatic nitrogens is 1. The Morgan fingerprint density at radius 3 is 2.70 bits per heavy atom. The Bertz CT molecular complexity index is 555. The molecule has 3 atom stereocenters. The molecule has 0 saturated heterocycles. The topological polar surface area (TPSA) is 68.3 Å². The molecule has 3 rings (SSSR count). The van der Waals surface area contributed by atoms with Crippen molar-refractivity contribution in [3.05, 3.63) is 10.6 Å². The van der Waals surface area contributed by atoms with Crippen molar-refractivity contribution in [2.45, 2.75) is 38.6 Å². The molecule has 0 aromatic carbocycles. The molecule has 0 amide bonds. The lowest BCUT2D eigenvalue weighted by molar-refractivity contribution is 0.0591. The largest absolute Gasteiger partial charge is 0.464 e. The monoisotopic (exact) mass is 294 g/mol. The molecule has 3 unspecified atom stereocenters. The zero-order valence-electron chi connectivity index (χ0n) is 11.6. The Balaban J connectivity index is 1.80. The Morgan fingerprint density at radius 1 is 1.35 bits per heavy atom. The number of carbonyl (C=O) groups is 2. The Kier molecular flexibility index (Phi) is 3.50. The number of hydrogen-bond acceptors (Lipinski definition) is 6. The van der Waals surface area contributed by atoms with Gasteiger partial charge >= 0.3 is 5.97 Å². The van der Waals surface area contributed by atoms with Crippen LogP contribution in [0.4, 0.5) is 5.13 Å². The molecule has 0 spiro atoms. The SMILES string of the molecule is COC(=O)c1nc(NC2CC3CCC2C3)sc1C(C)=O. The number of nitrogens with one attached hydrogen (secondary N) is 1. The molecule has 0 radical (unpaired) electrons. The van der Waals surface area contributed by atoms with Crippen molar-refractivity contribution >= 4 is 28.2 Å². The zero-order valence-corrected chi connectivity index (χ0v) is 12.5. The van der Waals surface area contributed by atoms with E-state index in [1.54, 1.807) is 0 Å². The first-order chi connectivity index (χ1) is 9.58. The highest BCUT2D eigenvalue weighted by atomic mass is 32.1. The first-order valence-corrected chi connectivity index (χ1v) is 7.76. The fraction of sp³-hybridized carbons (Fsp3) is 0.643. The third-order valence-electron chi connectivity index (χ3n) is 4.37. The molecule has 1 aromatic heterocycles. The lowest BCUT2D eigenvalue weighted by atomic mass is 9.96. The molecule has 2 aliphatic rings. The van der Waals surface area contributed by atoms with Gasteiger partial charge in [0.25, 0.3) is 0 Å². The number of carbonyl (C=O) groups excluding carboxylic acids is 2. The van der Waals surface area contributed by atoms with Gasteiger partial charge in [0.1, 0.15) is 4.88 Å². The number of fused-ring (bicyclic) bond motifs is 2. The van der Waals surface area contributed by atoms with Crippen LogP contribution in [0.2, 0.25) is 0 Å². The van der Waals surface area contributed by atoms with Crippen LogP contribution < -0.4 is 5.32 Å². The summed E-state index contributed by atoms with van der Waals surface area (Å²) >= 11 is 1.25. The first kappa shape index (κ1) is 13.5. The van der Waals surface area contributed by atoms with E-state index in [1.807, 2.05) is 0 Å². The molecule has 2 saturated carbocycles. The lowest BCUT2D eigenvalue weighted by Crippen LogP contribution is -2.25. The van der Waals surface area contributed by atoms with Gasteiger partial charge in [-0.1, -0.05) is 17.8 Å². The van der Waals surface area contributed by atoms with Gasteiger partial charge in [0.05, 0.1) is 7.11 Å². The van der Waals surface area contributed by atoms with Gasteiger partial charge in [-0.15, -0.1) is 0 Å². The molecule has 2 fully saturated rings. The quantitative estimate of drug-likeness (QED) is 0.683. The summed E-state index contributed by atoms with van der Waals surface area (Å²) in [6.07, 6.45) is 5.09. The van der Waals surface area contributed by atoms with Crippen molar-refractivity contribution in [2.24, 2.45) is 11.8 Å². The van der Waals surface area contributed by atoms with Gasteiger partial charge in [-0.3, -0.25) is 4.79 Å². The van der Waals surface area contributed by atoms with Crippen molar-refractivity contribution in [1.29, 1.82) is 0 Å². The summed E-state index contributed by atoms with van der Waals surface area (Å²) in [5.41, 5.74) is 0.135. The lowest BCUT2D eigenvalue weighted by Gasteiger charge is -2.22. The molecule has 1 aromatic rings. The van der Waals surface area contributed by atoms with Crippen LogP contribution in [0.3, 0.4) is 0 Å². The number of ketones is 1. The minimum Gasteiger partial charge on any atom is -0.464 e. The maximum Gasteiger partial charge on any atom is 0.358 e. The number of ether oxygens (including phenoxy) is 1. The summed E-state index contributed by atoms with van der Waals surface area (Å²) in [7, 11) is 1.30. The molecule has 6 heteroatoms. The van der Waals surface area contributed by atoms with E-state index in [2.05, 4.69) is 15.0 Å². The number of rotatable bonds is 4. The predicted molar refractivity (Wildman–Crippen MR) is 76.3 cm³/mol. The van der Waals surface area contributed by atoms with Gasteiger partial charge in [-0.25, -0.2) is 9.78 Å². The van der Waals surface area contributed by atoms with E-state index in [1.165, 1.54) is 51.1 Å². The van der Waals surface area contributed by atoms with Crippen molar-refractivity contribution in [1.82, 2.24) is 4.98 Å². The number of hydrogen-bond donors (Lipinski definition) is 1. The summed E-state index contributed by atoms with van der Waals surface area (Å²) in [5, 5.41) is 4.07. The fourth-order valence-electron chi connectivity index (χ4n) is 3.44. The van der Waals surface area contributed by atoms with Crippen LogP contribution in [-0.2, 0) is 4.74 Å². The van der Waals surface area contributed by atoms with Gasteiger partial charge in [0, 0.05) is 13.0 Å². The van der Waals surface area contributed by atoms with Crippen LogP contribution in [0.15, 0.2) is 0 Å². The minimum atomic E-state index is -0.549. The van der Waals surface area contributed by atoms with E-state index in [4.69, 9.17) is 0 Å². The van der Waals surface area contributed by atoms with Crippen LogP contribution in [0.1, 0.15) is 52.8 Å². The van der Waals surface area contributed by atoms with E-state index in [-0.39, 0.29) is 11.5 Å². The standard InChI is InChI=1S/C14H18N2O3S/c1-7(17)12-11(13(18)19-2)16-14(20-12)15-10-6-8-3-4-9(10)5-8/h8-10H,3-6H2,1-2H3,(H,15,16). The highest BCUT2D eigenvalue weighted by Gasteiger charge is 2.40. The average Bonchev–Trinajstić information content (AvgIpc) is 3.12. The molecular weight excluding hydrogens is 276 g/mol. The van der Waals surface area contributed by atoms with Gasteiger partial charge in [-0.05, 0) is 31.1 Å². The molecule has 5 nitrogen and oxygen atoms in total. The number of anilines is 1. The number of methoxy groups -OCH3 is 1. The molecule has 1 N–H and O–H groups in total. The zero-order chi connectivity index (χ0) is 14.3. The van der Waals surface area contributed by atoms with Crippen LogP contribution >= 0.6 is 11.3 Å². The second kappa shape index (κ2) is 5.16. The molecule has 1 heterocycles. The van der Waals surface area contributed by atoms with Crippen LogP contribution in [-0.4, -0.2) is 29.9 Å². The Hall–Kier alpha value is -1.43. The van der Waals surface area contributed by atoms with Gasteiger partial charge in [0.15, 0.2) is 16.6 Å². The normalized spacial score (nSPS) is 27.6. The second-order valence-corrected chi connectivity index (χ2v) is 6.67. The Morgan fingerprint density at radius 2 is 2.15 bits per heavy atom. The van der Waals surface area contributed by atoms with E-state index in [0.717, 1.165) is 5.92 Å². The van der Waals surface area contributed by atoms with Crippen molar-refractivity contribution in [3.8, 4) is 0 Å². The molecular formula is C14H18N2O3S. The van der Waals surface area contributed by atoms with Crippen molar-refractivity contribution in [3.63, 3.8) is 0 Å². The molecule has 108 valence electrons. The molecule has 2 aliphatic carbocycles. The van der Waals surface area contributed by atoms with Gasteiger partial charge in [0.2, 0.25) is 0 Å². The maximum atomic E-state index is 11.7. The van der Waals surface area contributed by atoms with E-state index < -0.39 is 5.97 Å². The van der Waals surface area contributed by atoms with E-state index >= 15 is 0 Å². The number of Topliss-reactive ketones (excluding diaryl/α,β-unsaturated/α-hetero) is 1. The highest BCUT2D eigenvalue weighted by Crippen LogP contribution is 2.45. The summed E-state index contributed by atoms with van der Waals surface area (Å²) in [6.45, 7) is 1.45. The average molecular weight is 294 g/mol. The Labute approximate surface area is 121 Å². The highest BCUT2D eigenvalue weighted by molar-refractivity contribution is 7.17. The third kappa shape index (κ3) is 2.32. The summed E-state index contributed by atoms with van der Waals surface area (Å²) in [6, 6.07) is 0.435. The number of nitrogens with zero attached hydrogens (tertiary/aromatic N) is 1. The fourth-order valence-corrected chi connectivity index (χ4v) is 4.35. The number of esters is 1. The van der Waals surface area contributed by atoms with Crippen LogP contribution in [0.5, 0.6) is 0 Å². The van der Waals surface area contributed by atoms with Crippen molar-refractivity contribution < 1.29 is 14.3 Å². The minimum absolute atomic E-state index is 0.135. The summed E-state index contributed by atoms with van der Waals surface area (Å²) in [5.74, 6) is 0.854. The predicted octanol–water partition coefficient (Wildman–Crippen LogP) is 2.73. The third-order valence-corrected chi connectivity index (χ3v) is 5.46. The van der Waals surface area contributed by atoms with Crippen molar-refractivity contribution in [2.75, 3.05) is 12.4 Å². The van der Waals surface area contributed by atoms with E-state index in [0.29, 0.717) is 22.0 Å². The molecule has 2 bridgehead atoms. The smallest absolute Gasteiger partial charge is 0.358 e. The maximum absolute atomic E-state index is 11.7. The van der Waals surface area contributed by atoms with Gasteiger partial charge < -0.3 is 10.1 Å². The number of thiazole rings is 1. The van der Waals surface area contributed by atoms with Crippen LogP contribution in [0, 0.1) is 11.8 Å².